The average molecular weight is 315 g/mol. The van der Waals surface area contributed by atoms with E-state index in [1.54, 1.807) is 0 Å². The monoisotopic (exact) mass is 314 g/mol. The Kier molecular flexibility index (Phi) is 5.69. The third-order valence-corrected chi connectivity index (χ3v) is 3.49. The van der Waals surface area contributed by atoms with E-state index in [-0.39, 0.29) is 34.3 Å². The lowest BCUT2D eigenvalue weighted by molar-refractivity contribution is -0.384. The zero-order valence-corrected chi connectivity index (χ0v) is 13.0. The van der Waals surface area contributed by atoms with Gasteiger partial charge in [-0.3, -0.25) is 14.9 Å². The second-order valence-corrected chi connectivity index (χ2v) is 6.23. The van der Waals surface area contributed by atoms with Crippen molar-refractivity contribution in [3.63, 3.8) is 0 Å². The Bertz CT molecular complexity index is 540. The molecule has 0 saturated carbocycles. The highest BCUT2D eigenvalue weighted by molar-refractivity contribution is 6.32. The van der Waals surface area contributed by atoms with Gasteiger partial charge in [0, 0.05) is 24.3 Å². The number of carbonyl (C=O) groups is 1. The highest BCUT2D eigenvalue weighted by Crippen LogP contribution is 2.26. The van der Waals surface area contributed by atoms with Gasteiger partial charge in [-0.15, -0.1) is 0 Å². The molecule has 0 bridgehead atoms. The van der Waals surface area contributed by atoms with Crippen LogP contribution < -0.4 is 5.32 Å². The largest absolute Gasteiger partial charge is 0.396 e. The van der Waals surface area contributed by atoms with Crippen LogP contribution in [0.5, 0.6) is 0 Å². The molecule has 0 radical (unpaired) electrons. The van der Waals surface area contributed by atoms with Gasteiger partial charge in [-0.25, -0.2) is 0 Å². The molecule has 21 heavy (non-hydrogen) atoms. The fourth-order valence-corrected chi connectivity index (χ4v) is 2.07. The molecule has 0 aliphatic heterocycles. The lowest BCUT2D eigenvalue weighted by Crippen LogP contribution is -2.44. The molecule has 1 unspecified atom stereocenters. The smallest absolute Gasteiger partial charge is 0.288 e. The van der Waals surface area contributed by atoms with Crippen molar-refractivity contribution < 1.29 is 14.8 Å². The van der Waals surface area contributed by atoms with E-state index in [1.165, 1.54) is 12.1 Å². The number of aliphatic hydroxyl groups excluding tert-OH is 1. The van der Waals surface area contributed by atoms with E-state index in [2.05, 4.69) is 5.32 Å². The van der Waals surface area contributed by atoms with E-state index < -0.39 is 10.8 Å². The summed E-state index contributed by atoms with van der Waals surface area (Å²) in [5.41, 5.74) is -0.381. The van der Waals surface area contributed by atoms with Crippen LogP contribution in [-0.4, -0.2) is 28.6 Å². The first kappa shape index (κ1) is 17.4. The summed E-state index contributed by atoms with van der Waals surface area (Å²) in [5.74, 6) is -0.428. The maximum absolute atomic E-state index is 12.2. The topological polar surface area (TPSA) is 92.5 Å². The average Bonchev–Trinajstić information content (AvgIpc) is 2.37. The summed E-state index contributed by atoms with van der Waals surface area (Å²) in [6.45, 7) is 5.77. The number of nitro benzene ring substituents is 1. The third kappa shape index (κ3) is 4.68. The van der Waals surface area contributed by atoms with Crippen molar-refractivity contribution in [1.29, 1.82) is 0 Å². The van der Waals surface area contributed by atoms with Crippen LogP contribution in [0.15, 0.2) is 18.2 Å². The van der Waals surface area contributed by atoms with E-state index in [4.69, 9.17) is 16.7 Å². The van der Waals surface area contributed by atoms with Crippen molar-refractivity contribution in [2.24, 2.45) is 5.41 Å². The number of halogens is 1. The first-order valence-corrected chi connectivity index (χ1v) is 6.90. The molecule has 0 heterocycles. The predicted octanol–water partition coefficient (Wildman–Crippen LogP) is 2.78. The Morgan fingerprint density at radius 3 is 2.57 bits per heavy atom. The molecule has 6 nitrogen and oxygen atoms in total. The van der Waals surface area contributed by atoms with Crippen molar-refractivity contribution >= 4 is 23.2 Å². The number of hydrogen-bond acceptors (Lipinski definition) is 4. The molecule has 1 aromatic rings. The van der Waals surface area contributed by atoms with E-state index in [1.807, 2.05) is 20.8 Å². The van der Waals surface area contributed by atoms with E-state index in [9.17, 15) is 14.9 Å². The number of hydrogen-bond donors (Lipinski definition) is 2. The Morgan fingerprint density at radius 2 is 2.10 bits per heavy atom. The quantitative estimate of drug-likeness (QED) is 0.645. The zero-order chi connectivity index (χ0) is 16.2. The van der Waals surface area contributed by atoms with Crippen LogP contribution in [0, 0.1) is 15.5 Å². The maximum atomic E-state index is 12.2. The molecule has 1 aromatic carbocycles. The molecule has 0 aliphatic carbocycles. The van der Waals surface area contributed by atoms with Crippen molar-refractivity contribution in [3.05, 3.63) is 38.9 Å². The summed E-state index contributed by atoms with van der Waals surface area (Å²) in [6, 6.07) is 3.66. The van der Waals surface area contributed by atoms with Crippen LogP contribution in [0.3, 0.4) is 0 Å². The van der Waals surface area contributed by atoms with Crippen LogP contribution in [0.25, 0.3) is 0 Å². The van der Waals surface area contributed by atoms with Crippen LogP contribution in [0.1, 0.15) is 37.6 Å². The number of nitrogens with one attached hydrogen (secondary N) is 1. The molecule has 0 fully saturated rings. The van der Waals surface area contributed by atoms with Crippen molar-refractivity contribution in [3.8, 4) is 0 Å². The summed E-state index contributed by atoms with van der Waals surface area (Å²) >= 11 is 5.72. The fourth-order valence-electron chi connectivity index (χ4n) is 1.89. The Hall–Kier alpha value is -1.66. The first-order chi connectivity index (χ1) is 9.66. The van der Waals surface area contributed by atoms with Gasteiger partial charge in [0.05, 0.1) is 4.92 Å². The Morgan fingerprint density at radius 1 is 1.48 bits per heavy atom. The SMILES string of the molecule is CC(C)(C)C(CCO)NC(=O)c1ccc(Cl)c([N+](=O)[O-])c1. The molecule has 1 atom stereocenters. The number of benzene rings is 1. The van der Waals surface area contributed by atoms with Gasteiger partial charge in [-0.1, -0.05) is 32.4 Å². The number of carbonyl (C=O) groups excluding carboxylic acids is 1. The molecule has 0 aliphatic rings. The number of nitrogens with zero attached hydrogens (tertiary/aromatic N) is 1. The normalized spacial score (nSPS) is 12.8. The molecule has 1 rings (SSSR count). The summed E-state index contributed by atoms with van der Waals surface area (Å²) in [5, 5.41) is 22.7. The summed E-state index contributed by atoms with van der Waals surface area (Å²) in [7, 11) is 0. The van der Waals surface area contributed by atoms with Gasteiger partial charge >= 0.3 is 0 Å². The van der Waals surface area contributed by atoms with Gasteiger partial charge in [-0.05, 0) is 24.0 Å². The second-order valence-electron chi connectivity index (χ2n) is 5.83. The molecule has 116 valence electrons. The predicted molar refractivity (Wildman–Crippen MR) is 80.5 cm³/mol. The van der Waals surface area contributed by atoms with Crippen LogP contribution >= 0.6 is 11.6 Å². The fraction of sp³-hybridized carbons (Fsp3) is 0.500. The van der Waals surface area contributed by atoms with E-state index in [0.29, 0.717) is 6.42 Å². The molecule has 1 amide bonds. The summed E-state index contributed by atoms with van der Waals surface area (Å²) in [6.07, 6.45) is 0.408. The third-order valence-electron chi connectivity index (χ3n) is 3.17. The Balaban J connectivity index is 2.98. The molecule has 0 spiro atoms. The lowest BCUT2D eigenvalue weighted by Gasteiger charge is -2.31. The van der Waals surface area contributed by atoms with Crippen LogP contribution in [-0.2, 0) is 0 Å². The van der Waals surface area contributed by atoms with E-state index in [0.717, 1.165) is 6.07 Å². The van der Waals surface area contributed by atoms with Crippen molar-refractivity contribution in [1.82, 2.24) is 5.32 Å². The minimum absolute atomic E-state index is 0.0146. The van der Waals surface area contributed by atoms with Gasteiger partial charge in [0.25, 0.3) is 11.6 Å². The van der Waals surface area contributed by atoms with Gasteiger partial charge in [0.2, 0.25) is 0 Å². The van der Waals surface area contributed by atoms with Crippen molar-refractivity contribution in [2.75, 3.05) is 6.61 Å². The first-order valence-electron chi connectivity index (χ1n) is 6.52. The second kappa shape index (κ2) is 6.87. The maximum Gasteiger partial charge on any atom is 0.288 e. The minimum Gasteiger partial charge on any atom is -0.396 e. The lowest BCUT2D eigenvalue weighted by atomic mass is 9.84. The van der Waals surface area contributed by atoms with Crippen molar-refractivity contribution in [2.45, 2.75) is 33.2 Å². The molecule has 0 aromatic heterocycles. The molecule has 2 N–H and O–H groups in total. The molecule has 7 heteroatoms. The summed E-state index contributed by atoms with van der Waals surface area (Å²) < 4.78 is 0. The van der Waals surface area contributed by atoms with Crippen LogP contribution in [0.2, 0.25) is 5.02 Å². The number of nitro groups is 1. The number of aliphatic hydroxyl groups is 1. The molecule has 0 saturated heterocycles. The highest BCUT2D eigenvalue weighted by atomic mass is 35.5. The highest BCUT2D eigenvalue weighted by Gasteiger charge is 2.26. The molecular formula is C14H19ClN2O4. The molecular weight excluding hydrogens is 296 g/mol. The minimum atomic E-state index is -0.631. The van der Waals surface area contributed by atoms with Gasteiger partial charge in [-0.2, -0.15) is 0 Å². The van der Waals surface area contributed by atoms with Gasteiger partial charge < -0.3 is 10.4 Å². The van der Waals surface area contributed by atoms with E-state index >= 15 is 0 Å². The van der Waals surface area contributed by atoms with Gasteiger partial charge in [0.1, 0.15) is 5.02 Å². The number of amides is 1. The number of rotatable bonds is 5. The zero-order valence-electron chi connectivity index (χ0n) is 12.2. The Labute approximate surface area is 128 Å². The van der Waals surface area contributed by atoms with Crippen LogP contribution in [0.4, 0.5) is 5.69 Å². The standard InChI is InChI=1S/C14H19ClN2O4/c1-14(2,3)12(6-7-18)16-13(19)9-4-5-10(15)11(8-9)17(20)21/h4-5,8,12,18H,6-7H2,1-3H3,(H,16,19). The summed E-state index contributed by atoms with van der Waals surface area (Å²) in [4.78, 5) is 22.4. The van der Waals surface area contributed by atoms with Gasteiger partial charge in [0.15, 0.2) is 0 Å².